The molecule has 1 amide bonds. The molecule has 1 aromatic rings. The molecule has 17 heavy (non-hydrogen) atoms. The summed E-state index contributed by atoms with van der Waals surface area (Å²) in [6.45, 7) is 3.19. The third-order valence-corrected chi connectivity index (χ3v) is 2.32. The molecule has 0 radical (unpaired) electrons. The van der Waals surface area contributed by atoms with Gasteiger partial charge in [-0.25, -0.2) is 4.98 Å². The topological polar surface area (TPSA) is 80.0 Å². The number of rotatable bonds is 6. The number of hydrogen-bond donors (Lipinski definition) is 3. The second-order valence-corrected chi connectivity index (χ2v) is 3.99. The van der Waals surface area contributed by atoms with Crippen LogP contribution >= 0.6 is 11.6 Å². The normalized spacial score (nSPS) is 10.0. The largest absolute Gasteiger partial charge is 0.396 e. The fourth-order valence-corrected chi connectivity index (χ4v) is 1.38. The molecule has 0 atom stereocenters. The zero-order valence-electron chi connectivity index (χ0n) is 9.79. The molecular weight excluding hydrogens is 240 g/mol. The second-order valence-electron chi connectivity index (χ2n) is 3.60. The summed E-state index contributed by atoms with van der Waals surface area (Å²) in [5, 5.41) is 6.14. The van der Waals surface area contributed by atoms with Crippen molar-refractivity contribution in [2.75, 3.05) is 24.1 Å². The van der Waals surface area contributed by atoms with Crippen molar-refractivity contribution in [3.63, 3.8) is 0 Å². The number of amides is 1. The summed E-state index contributed by atoms with van der Waals surface area (Å²) < 4.78 is 0. The highest BCUT2D eigenvalue weighted by Gasteiger charge is 2.03. The van der Waals surface area contributed by atoms with Crippen LogP contribution in [0.25, 0.3) is 0 Å². The molecule has 6 heteroatoms. The first-order chi connectivity index (χ1) is 8.13. The third kappa shape index (κ3) is 4.91. The number of halogens is 1. The summed E-state index contributed by atoms with van der Waals surface area (Å²) in [7, 11) is 0. The van der Waals surface area contributed by atoms with Gasteiger partial charge in [0.15, 0.2) is 5.82 Å². The highest BCUT2D eigenvalue weighted by molar-refractivity contribution is 6.29. The smallest absolute Gasteiger partial charge is 0.221 e. The maximum Gasteiger partial charge on any atom is 0.221 e. The molecule has 0 bridgehead atoms. The van der Waals surface area contributed by atoms with Crippen LogP contribution in [0.4, 0.5) is 11.5 Å². The lowest BCUT2D eigenvalue weighted by Crippen LogP contribution is -2.26. The van der Waals surface area contributed by atoms with Crippen molar-refractivity contribution in [3.05, 3.63) is 17.3 Å². The van der Waals surface area contributed by atoms with Crippen LogP contribution in [0.5, 0.6) is 0 Å². The summed E-state index contributed by atoms with van der Waals surface area (Å²) in [4.78, 5) is 15.3. The Balaban J connectivity index is 2.35. The van der Waals surface area contributed by atoms with Gasteiger partial charge in [0.1, 0.15) is 5.15 Å². The van der Waals surface area contributed by atoms with Gasteiger partial charge in [0.2, 0.25) is 5.91 Å². The van der Waals surface area contributed by atoms with Crippen molar-refractivity contribution < 1.29 is 4.79 Å². The van der Waals surface area contributed by atoms with E-state index in [0.29, 0.717) is 36.2 Å². The number of pyridine rings is 1. The molecule has 0 aliphatic carbocycles. The van der Waals surface area contributed by atoms with E-state index in [9.17, 15) is 4.79 Å². The molecular formula is C11H17ClN4O. The van der Waals surface area contributed by atoms with E-state index in [2.05, 4.69) is 15.6 Å². The van der Waals surface area contributed by atoms with Gasteiger partial charge in [-0.15, -0.1) is 0 Å². The van der Waals surface area contributed by atoms with Gasteiger partial charge in [-0.1, -0.05) is 18.5 Å². The molecule has 5 nitrogen and oxygen atoms in total. The summed E-state index contributed by atoms with van der Waals surface area (Å²) in [6.07, 6.45) is 1.32. The van der Waals surface area contributed by atoms with E-state index in [1.54, 1.807) is 12.1 Å². The molecule has 1 heterocycles. The number of hydrogen-bond acceptors (Lipinski definition) is 4. The van der Waals surface area contributed by atoms with Crippen molar-refractivity contribution in [1.29, 1.82) is 0 Å². The number of nitrogens with two attached hydrogens (primary N) is 1. The van der Waals surface area contributed by atoms with Crippen LogP contribution in [-0.2, 0) is 4.79 Å². The van der Waals surface area contributed by atoms with E-state index < -0.39 is 0 Å². The first-order valence-electron chi connectivity index (χ1n) is 5.56. The zero-order valence-corrected chi connectivity index (χ0v) is 10.5. The lowest BCUT2D eigenvalue weighted by molar-refractivity contribution is -0.120. The number of carbonyl (C=O) groups is 1. The Labute approximate surface area is 106 Å². The fourth-order valence-electron chi connectivity index (χ4n) is 1.23. The average molecular weight is 257 g/mol. The molecule has 1 rings (SSSR count). The molecule has 0 saturated heterocycles. The minimum absolute atomic E-state index is 0.0138. The molecule has 0 spiro atoms. The monoisotopic (exact) mass is 256 g/mol. The maximum absolute atomic E-state index is 11.3. The summed E-state index contributed by atoms with van der Waals surface area (Å²) >= 11 is 5.74. The number of aromatic nitrogens is 1. The van der Waals surface area contributed by atoms with E-state index in [1.165, 1.54) is 0 Å². The van der Waals surface area contributed by atoms with Crippen molar-refractivity contribution in [2.45, 2.75) is 19.8 Å². The number of carbonyl (C=O) groups excluding carboxylic acids is 1. The second kappa shape index (κ2) is 6.96. The van der Waals surface area contributed by atoms with Crippen molar-refractivity contribution in [3.8, 4) is 0 Å². The lowest BCUT2D eigenvalue weighted by atomic mass is 10.3. The van der Waals surface area contributed by atoms with Gasteiger partial charge in [-0.05, 0) is 18.6 Å². The Morgan fingerprint density at radius 1 is 1.47 bits per heavy atom. The van der Waals surface area contributed by atoms with Gasteiger partial charge in [0.05, 0.1) is 5.69 Å². The maximum atomic E-state index is 11.3. The minimum atomic E-state index is 0.0138. The van der Waals surface area contributed by atoms with Gasteiger partial charge < -0.3 is 16.4 Å². The quantitative estimate of drug-likeness (QED) is 0.676. The Kier molecular flexibility index (Phi) is 5.56. The number of nitrogen functional groups attached to an aromatic ring is 1. The van der Waals surface area contributed by atoms with Crippen LogP contribution in [0, 0.1) is 0 Å². The van der Waals surface area contributed by atoms with Crippen molar-refractivity contribution in [2.24, 2.45) is 0 Å². The molecule has 0 saturated carbocycles. The van der Waals surface area contributed by atoms with Crippen molar-refractivity contribution in [1.82, 2.24) is 10.3 Å². The van der Waals surface area contributed by atoms with Gasteiger partial charge in [0.25, 0.3) is 0 Å². The standard InChI is InChI=1S/C11H17ClN4O/c1-2-6-14-10(17)5-7-15-11-8(13)3-4-9(12)16-11/h3-4H,2,5-7,13H2,1H3,(H,14,17)(H,15,16). The van der Waals surface area contributed by atoms with Crippen LogP contribution in [-0.4, -0.2) is 24.0 Å². The summed E-state index contributed by atoms with van der Waals surface area (Å²) in [6, 6.07) is 3.30. The molecule has 0 unspecified atom stereocenters. The highest BCUT2D eigenvalue weighted by atomic mass is 35.5. The molecule has 4 N–H and O–H groups in total. The predicted octanol–water partition coefficient (Wildman–Crippen LogP) is 1.65. The first kappa shape index (κ1) is 13.6. The third-order valence-electron chi connectivity index (χ3n) is 2.11. The van der Waals surface area contributed by atoms with Gasteiger partial charge >= 0.3 is 0 Å². The fraction of sp³-hybridized carbons (Fsp3) is 0.455. The van der Waals surface area contributed by atoms with Crippen molar-refractivity contribution >= 4 is 29.0 Å². The molecule has 0 fully saturated rings. The zero-order chi connectivity index (χ0) is 12.7. The molecule has 0 aliphatic heterocycles. The van der Waals surface area contributed by atoms with Crippen LogP contribution in [0.3, 0.4) is 0 Å². The number of anilines is 2. The Morgan fingerprint density at radius 2 is 2.24 bits per heavy atom. The average Bonchev–Trinajstić information content (AvgIpc) is 2.31. The Hall–Kier alpha value is -1.49. The van der Waals surface area contributed by atoms with Gasteiger partial charge in [-0.2, -0.15) is 0 Å². The minimum Gasteiger partial charge on any atom is -0.396 e. The van der Waals surface area contributed by atoms with Crippen LogP contribution in [0.15, 0.2) is 12.1 Å². The number of nitrogens with zero attached hydrogens (tertiary/aromatic N) is 1. The van der Waals surface area contributed by atoms with Crippen LogP contribution in [0.2, 0.25) is 5.15 Å². The Morgan fingerprint density at radius 3 is 2.94 bits per heavy atom. The van der Waals surface area contributed by atoms with E-state index >= 15 is 0 Å². The van der Waals surface area contributed by atoms with Crippen LogP contribution < -0.4 is 16.4 Å². The van der Waals surface area contributed by atoms with E-state index in [4.69, 9.17) is 17.3 Å². The summed E-state index contributed by atoms with van der Waals surface area (Å²) in [5.74, 6) is 0.528. The molecule has 0 aromatic carbocycles. The Bertz CT molecular complexity index is 384. The van der Waals surface area contributed by atoms with E-state index in [1.807, 2.05) is 6.92 Å². The van der Waals surface area contributed by atoms with Crippen LogP contribution in [0.1, 0.15) is 19.8 Å². The van der Waals surface area contributed by atoms with E-state index in [0.717, 1.165) is 6.42 Å². The molecule has 1 aromatic heterocycles. The number of nitrogens with one attached hydrogen (secondary N) is 2. The van der Waals surface area contributed by atoms with Gasteiger partial charge in [0, 0.05) is 19.5 Å². The molecule has 0 aliphatic rings. The lowest BCUT2D eigenvalue weighted by Gasteiger charge is -2.08. The van der Waals surface area contributed by atoms with Gasteiger partial charge in [-0.3, -0.25) is 4.79 Å². The predicted molar refractivity (Wildman–Crippen MR) is 70.1 cm³/mol. The summed E-state index contributed by atoms with van der Waals surface area (Å²) in [5.41, 5.74) is 6.22. The first-order valence-corrected chi connectivity index (χ1v) is 5.94. The SMILES string of the molecule is CCCNC(=O)CCNc1nc(Cl)ccc1N. The highest BCUT2D eigenvalue weighted by Crippen LogP contribution is 2.17. The van der Waals surface area contributed by atoms with E-state index in [-0.39, 0.29) is 5.91 Å². The molecule has 94 valence electrons.